The molecular formula is C3H4Br2N2O4. The van der Waals surface area contributed by atoms with Gasteiger partial charge >= 0.3 is 3.36 Å². The van der Waals surface area contributed by atoms with Gasteiger partial charge in [-0.3, -0.25) is 20.2 Å². The highest BCUT2D eigenvalue weighted by molar-refractivity contribution is 9.25. The van der Waals surface area contributed by atoms with E-state index in [9.17, 15) is 20.2 Å². The summed E-state index contributed by atoms with van der Waals surface area (Å²) in [5, 5.41) is 20.3. The largest absolute Gasteiger partial charge is 0.391 e. The van der Waals surface area contributed by atoms with E-state index in [1.165, 1.54) is 0 Å². The van der Waals surface area contributed by atoms with Gasteiger partial charge in [-0.25, -0.2) is 0 Å². The van der Waals surface area contributed by atoms with E-state index in [0.717, 1.165) is 6.92 Å². The molecule has 0 saturated carbocycles. The maximum atomic E-state index is 10.2. The molecule has 0 aromatic carbocycles. The molecule has 0 amide bonds. The zero-order valence-corrected chi connectivity index (χ0v) is 8.53. The Morgan fingerprint density at radius 3 is 1.82 bits per heavy atom. The molecule has 0 heterocycles. The van der Waals surface area contributed by atoms with Gasteiger partial charge in [-0.05, 0) is 0 Å². The lowest BCUT2D eigenvalue weighted by molar-refractivity contribution is -0.601. The van der Waals surface area contributed by atoms with Gasteiger partial charge in [-0.15, -0.1) is 0 Å². The lowest BCUT2D eigenvalue weighted by atomic mass is 10.4. The molecule has 0 aliphatic heterocycles. The second-order valence-electron chi connectivity index (χ2n) is 1.81. The third kappa shape index (κ3) is 2.37. The number of alkyl halides is 2. The van der Waals surface area contributed by atoms with Crippen molar-refractivity contribution in [1.29, 1.82) is 0 Å². The highest BCUT2D eigenvalue weighted by Gasteiger charge is 2.51. The molecule has 11 heavy (non-hydrogen) atoms. The monoisotopic (exact) mass is 290 g/mol. The minimum atomic E-state index is -1.87. The van der Waals surface area contributed by atoms with E-state index in [1.54, 1.807) is 0 Å². The molecule has 0 bridgehead atoms. The van der Waals surface area contributed by atoms with Gasteiger partial charge in [-0.1, -0.05) is 0 Å². The maximum absolute atomic E-state index is 10.2. The third-order valence-electron chi connectivity index (χ3n) is 1.06. The number of nitrogens with zero attached hydrogens (tertiary/aromatic N) is 2. The Hall–Kier alpha value is -0.240. The number of rotatable bonds is 3. The molecule has 0 saturated heterocycles. The van der Waals surface area contributed by atoms with Crippen LogP contribution in [0.25, 0.3) is 0 Å². The average Bonchev–Trinajstić information content (AvgIpc) is 1.85. The molecule has 0 aliphatic carbocycles. The highest BCUT2D eigenvalue weighted by Crippen LogP contribution is 2.31. The lowest BCUT2D eigenvalue weighted by Gasteiger charge is -2.11. The quantitative estimate of drug-likeness (QED) is 0.340. The van der Waals surface area contributed by atoms with Crippen LogP contribution >= 0.6 is 31.9 Å². The Balaban J connectivity index is 4.55. The van der Waals surface area contributed by atoms with E-state index in [1.807, 2.05) is 0 Å². The molecule has 0 spiro atoms. The fourth-order valence-electron chi connectivity index (χ4n) is 0.279. The van der Waals surface area contributed by atoms with Gasteiger partial charge < -0.3 is 0 Å². The second-order valence-corrected chi connectivity index (χ2v) is 5.29. The van der Waals surface area contributed by atoms with E-state index in [4.69, 9.17) is 0 Å². The SMILES string of the molecule is CC([N+](=O)[O-])C(Br)(Br)[N+](=O)[O-]. The topological polar surface area (TPSA) is 86.3 Å². The van der Waals surface area contributed by atoms with Crippen molar-refractivity contribution in [2.45, 2.75) is 16.3 Å². The van der Waals surface area contributed by atoms with Gasteiger partial charge in [0.25, 0.3) is 6.04 Å². The summed E-state index contributed by atoms with van der Waals surface area (Å²) in [6, 6.07) is -1.34. The first-order valence-electron chi connectivity index (χ1n) is 2.46. The molecule has 6 nitrogen and oxygen atoms in total. The Morgan fingerprint density at radius 2 is 1.73 bits per heavy atom. The van der Waals surface area contributed by atoms with Crippen molar-refractivity contribution in [3.63, 3.8) is 0 Å². The van der Waals surface area contributed by atoms with Crippen LogP contribution in [-0.2, 0) is 0 Å². The molecule has 1 unspecified atom stereocenters. The van der Waals surface area contributed by atoms with Crippen molar-refractivity contribution in [1.82, 2.24) is 0 Å². The van der Waals surface area contributed by atoms with E-state index in [-0.39, 0.29) is 0 Å². The van der Waals surface area contributed by atoms with Crippen LogP contribution in [0.3, 0.4) is 0 Å². The van der Waals surface area contributed by atoms with Gasteiger partial charge in [0, 0.05) is 43.7 Å². The highest BCUT2D eigenvalue weighted by atomic mass is 79.9. The number of hydrogen-bond donors (Lipinski definition) is 0. The van der Waals surface area contributed by atoms with Crippen molar-refractivity contribution >= 4 is 31.9 Å². The van der Waals surface area contributed by atoms with Crippen molar-refractivity contribution in [2.24, 2.45) is 0 Å². The zero-order chi connectivity index (χ0) is 9.23. The van der Waals surface area contributed by atoms with Crippen LogP contribution in [0, 0.1) is 20.2 Å². The summed E-state index contributed by atoms with van der Waals surface area (Å²) in [4.78, 5) is 18.7. The van der Waals surface area contributed by atoms with Crippen LogP contribution in [0.1, 0.15) is 6.92 Å². The minimum absolute atomic E-state index is 0.744. The third-order valence-corrected chi connectivity index (χ3v) is 2.97. The second kappa shape index (κ2) is 3.44. The maximum Gasteiger partial charge on any atom is 0.391 e. The molecule has 0 N–H and O–H groups in total. The Morgan fingerprint density at radius 1 is 1.36 bits per heavy atom. The molecule has 0 rings (SSSR count). The van der Waals surface area contributed by atoms with Crippen LogP contribution < -0.4 is 0 Å². The van der Waals surface area contributed by atoms with E-state index in [2.05, 4.69) is 31.9 Å². The van der Waals surface area contributed by atoms with Gasteiger partial charge in [0.05, 0.1) is 4.92 Å². The average molecular weight is 292 g/mol. The summed E-state index contributed by atoms with van der Waals surface area (Å²) in [7, 11) is 0. The predicted molar refractivity (Wildman–Crippen MR) is 44.0 cm³/mol. The minimum Gasteiger partial charge on any atom is -0.264 e. The first-order chi connectivity index (χ1) is 4.80. The molecule has 64 valence electrons. The number of nitro groups is 2. The van der Waals surface area contributed by atoms with Gasteiger partial charge in [0.1, 0.15) is 0 Å². The van der Waals surface area contributed by atoms with Crippen LogP contribution in [0.4, 0.5) is 0 Å². The number of halogens is 2. The van der Waals surface area contributed by atoms with E-state index in [0.29, 0.717) is 0 Å². The summed E-state index contributed by atoms with van der Waals surface area (Å²) < 4.78 is -1.87. The molecule has 0 radical (unpaired) electrons. The zero-order valence-electron chi connectivity index (χ0n) is 5.36. The van der Waals surface area contributed by atoms with Crippen molar-refractivity contribution in [2.75, 3.05) is 0 Å². The van der Waals surface area contributed by atoms with Crippen LogP contribution in [0.5, 0.6) is 0 Å². The fraction of sp³-hybridized carbons (Fsp3) is 1.00. The summed E-state index contributed by atoms with van der Waals surface area (Å²) >= 11 is 5.18. The molecular weight excluding hydrogens is 288 g/mol. The van der Waals surface area contributed by atoms with Gasteiger partial charge in [0.2, 0.25) is 0 Å². The summed E-state index contributed by atoms with van der Waals surface area (Å²) in [6.07, 6.45) is 0. The normalized spacial score (nSPS) is 14.1. The standard InChI is InChI=1S/C3H4Br2N2O4/c1-2(6(8)9)3(4,5)7(10)11/h2H,1H3. The van der Waals surface area contributed by atoms with Crippen LogP contribution in [0.2, 0.25) is 0 Å². The smallest absolute Gasteiger partial charge is 0.264 e. The van der Waals surface area contributed by atoms with Crippen LogP contribution in [0.15, 0.2) is 0 Å². The predicted octanol–water partition coefficient (Wildman–Crippen LogP) is 1.37. The molecule has 0 aromatic heterocycles. The Bertz CT molecular complexity index is 194. The first kappa shape index (κ1) is 10.8. The molecule has 8 heteroatoms. The lowest BCUT2D eigenvalue weighted by Crippen LogP contribution is -2.40. The molecule has 0 aliphatic rings. The summed E-state index contributed by atoms with van der Waals surface area (Å²) in [5.74, 6) is 0. The van der Waals surface area contributed by atoms with E-state index < -0.39 is 19.2 Å². The first-order valence-corrected chi connectivity index (χ1v) is 4.04. The van der Waals surface area contributed by atoms with E-state index >= 15 is 0 Å². The van der Waals surface area contributed by atoms with Gasteiger partial charge in [0.15, 0.2) is 0 Å². The summed E-state index contributed by atoms with van der Waals surface area (Å²) in [6.45, 7) is 1.13. The Labute approximate surface area is 78.5 Å². The molecule has 1 atom stereocenters. The van der Waals surface area contributed by atoms with Gasteiger partial charge in [-0.2, -0.15) is 0 Å². The molecule has 0 fully saturated rings. The van der Waals surface area contributed by atoms with Crippen molar-refractivity contribution in [3.05, 3.63) is 20.2 Å². The fourth-order valence-corrected chi connectivity index (χ4v) is 0.614. The summed E-state index contributed by atoms with van der Waals surface area (Å²) in [5.41, 5.74) is 0. The number of hydrogen-bond acceptors (Lipinski definition) is 4. The van der Waals surface area contributed by atoms with Crippen molar-refractivity contribution in [3.8, 4) is 0 Å². The van der Waals surface area contributed by atoms with Crippen molar-refractivity contribution < 1.29 is 9.85 Å². The molecule has 0 aromatic rings. The van der Waals surface area contributed by atoms with Crippen LogP contribution in [-0.4, -0.2) is 19.2 Å². The Kier molecular flexibility index (Phi) is 3.36.